The molecule has 1 aromatic carbocycles. The van der Waals surface area contributed by atoms with Crippen molar-refractivity contribution in [3.05, 3.63) is 24.3 Å². The van der Waals surface area contributed by atoms with Crippen molar-refractivity contribution in [1.29, 1.82) is 0 Å². The Morgan fingerprint density at radius 1 is 1.07 bits per heavy atom. The van der Waals surface area contributed by atoms with E-state index in [9.17, 15) is 4.79 Å². The van der Waals surface area contributed by atoms with E-state index in [2.05, 4.69) is 31.2 Å². The third kappa shape index (κ3) is 10.0. The maximum absolute atomic E-state index is 12.5. The Bertz CT molecular complexity index is 598. The Balaban J connectivity index is 0.00000450. The summed E-state index contributed by atoms with van der Waals surface area (Å²) in [6.45, 7) is 3.86. The number of ether oxygens (including phenoxy) is 2. The second-order valence-electron chi connectivity index (χ2n) is 8.49. The SMILES string of the molecule is CCCCCCCCOc1ccccc1NC(=O)O[C@@H]1CCCC[C@@H]1CN(C)C.Cl. The number of nitrogens with one attached hydrogen (secondary N) is 1. The first kappa shape index (κ1) is 26.6. The van der Waals surface area contributed by atoms with Crippen molar-refractivity contribution in [1.82, 2.24) is 4.90 Å². The molecule has 0 heterocycles. The Labute approximate surface area is 189 Å². The topological polar surface area (TPSA) is 50.8 Å². The molecule has 0 spiro atoms. The van der Waals surface area contributed by atoms with Crippen molar-refractivity contribution in [2.75, 3.05) is 32.6 Å². The van der Waals surface area contributed by atoms with E-state index in [0.29, 0.717) is 24.0 Å². The van der Waals surface area contributed by atoms with Gasteiger partial charge in [0, 0.05) is 12.5 Å². The fourth-order valence-electron chi connectivity index (χ4n) is 4.04. The summed E-state index contributed by atoms with van der Waals surface area (Å²) in [4.78, 5) is 14.7. The van der Waals surface area contributed by atoms with Gasteiger partial charge in [0.05, 0.1) is 12.3 Å². The number of nitrogens with zero attached hydrogens (tertiary/aromatic N) is 1. The van der Waals surface area contributed by atoms with Crippen molar-refractivity contribution in [2.45, 2.75) is 77.2 Å². The number of para-hydroxylation sites is 2. The first-order valence-corrected chi connectivity index (χ1v) is 11.4. The molecule has 5 nitrogen and oxygen atoms in total. The molecule has 0 aromatic heterocycles. The van der Waals surface area contributed by atoms with Crippen LogP contribution in [0.3, 0.4) is 0 Å². The van der Waals surface area contributed by atoms with E-state index in [-0.39, 0.29) is 24.6 Å². The molecule has 0 unspecified atom stereocenters. The molecule has 0 bridgehead atoms. The van der Waals surface area contributed by atoms with Crippen LogP contribution in [0.25, 0.3) is 0 Å². The predicted molar refractivity (Wildman–Crippen MR) is 127 cm³/mol. The average molecular weight is 441 g/mol. The van der Waals surface area contributed by atoms with Crippen LogP contribution in [0.15, 0.2) is 24.3 Å². The number of unbranched alkanes of at least 4 members (excludes halogenated alkanes) is 5. The molecule has 0 saturated heterocycles. The van der Waals surface area contributed by atoms with Gasteiger partial charge in [0.1, 0.15) is 11.9 Å². The monoisotopic (exact) mass is 440 g/mol. The normalized spacial score (nSPS) is 18.5. The molecule has 0 radical (unpaired) electrons. The maximum Gasteiger partial charge on any atom is 0.412 e. The first-order chi connectivity index (χ1) is 14.1. The molecule has 172 valence electrons. The Morgan fingerprint density at radius 3 is 2.53 bits per heavy atom. The van der Waals surface area contributed by atoms with E-state index in [4.69, 9.17) is 9.47 Å². The minimum Gasteiger partial charge on any atom is -0.491 e. The van der Waals surface area contributed by atoms with E-state index in [1.165, 1.54) is 38.5 Å². The molecule has 1 amide bonds. The highest BCUT2D eigenvalue weighted by molar-refractivity contribution is 5.86. The molecule has 1 aliphatic rings. The van der Waals surface area contributed by atoms with Crippen molar-refractivity contribution in [3.8, 4) is 5.75 Å². The van der Waals surface area contributed by atoms with Gasteiger partial charge < -0.3 is 14.4 Å². The first-order valence-electron chi connectivity index (χ1n) is 11.4. The molecule has 30 heavy (non-hydrogen) atoms. The Kier molecular flexibility index (Phi) is 13.6. The Morgan fingerprint density at radius 2 is 1.77 bits per heavy atom. The number of carbonyl (C=O) groups excluding carboxylic acids is 1. The second-order valence-corrected chi connectivity index (χ2v) is 8.49. The summed E-state index contributed by atoms with van der Waals surface area (Å²) >= 11 is 0. The third-order valence-electron chi connectivity index (χ3n) is 5.58. The molecule has 6 heteroatoms. The summed E-state index contributed by atoms with van der Waals surface area (Å²) in [7, 11) is 4.15. The predicted octanol–water partition coefficient (Wildman–Crippen LogP) is 6.52. The van der Waals surface area contributed by atoms with E-state index >= 15 is 0 Å². The molecule has 2 rings (SSSR count). The fourth-order valence-corrected chi connectivity index (χ4v) is 4.04. The Hall–Kier alpha value is -1.46. The zero-order valence-electron chi connectivity index (χ0n) is 19.0. The molecule has 1 N–H and O–H groups in total. The van der Waals surface area contributed by atoms with Crippen LogP contribution in [0.1, 0.15) is 71.1 Å². The van der Waals surface area contributed by atoms with Gasteiger partial charge in [0.15, 0.2) is 0 Å². The molecular formula is C24H41ClN2O3. The number of rotatable bonds is 12. The van der Waals surface area contributed by atoms with Gasteiger partial charge in [-0.25, -0.2) is 4.79 Å². The van der Waals surface area contributed by atoms with Gasteiger partial charge in [-0.1, -0.05) is 57.6 Å². The lowest BCUT2D eigenvalue weighted by Gasteiger charge is -2.32. The van der Waals surface area contributed by atoms with Crippen molar-refractivity contribution in [3.63, 3.8) is 0 Å². The smallest absolute Gasteiger partial charge is 0.412 e. The molecule has 1 fully saturated rings. The van der Waals surface area contributed by atoms with Crippen LogP contribution in [-0.2, 0) is 4.74 Å². The summed E-state index contributed by atoms with van der Waals surface area (Å²) in [5.41, 5.74) is 0.684. The van der Waals surface area contributed by atoms with Crippen LogP contribution < -0.4 is 10.1 Å². The van der Waals surface area contributed by atoms with E-state index in [1.807, 2.05) is 24.3 Å². The van der Waals surface area contributed by atoms with Gasteiger partial charge in [-0.2, -0.15) is 0 Å². The van der Waals surface area contributed by atoms with Gasteiger partial charge in [-0.05, 0) is 51.9 Å². The summed E-state index contributed by atoms with van der Waals surface area (Å²) in [6.07, 6.45) is 11.4. The van der Waals surface area contributed by atoms with Crippen LogP contribution >= 0.6 is 12.4 Å². The van der Waals surface area contributed by atoms with Gasteiger partial charge in [-0.3, -0.25) is 5.32 Å². The highest BCUT2D eigenvalue weighted by Gasteiger charge is 2.29. The van der Waals surface area contributed by atoms with Crippen molar-refractivity contribution < 1.29 is 14.3 Å². The lowest BCUT2D eigenvalue weighted by molar-refractivity contribution is 0.0357. The quantitative estimate of drug-likeness (QED) is 0.376. The largest absolute Gasteiger partial charge is 0.491 e. The van der Waals surface area contributed by atoms with Crippen LogP contribution in [0, 0.1) is 5.92 Å². The molecule has 1 saturated carbocycles. The number of hydrogen-bond acceptors (Lipinski definition) is 4. The lowest BCUT2D eigenvalue weighted by Crippen LogP contribution is -2.37. The fraction of sp³-hybridized carbons (Fsp3) is 0.708. The van der Waals surface area contributed by atoms with Gasteiger partial charge in [0.25, 0.3) is 0 Å². The maximum atomic E-state index is 12.5. The van der Waals surface area contributed by atoms with E-state index in [0.717, 1.165) is 32.2 Å². The zero-order chi connectivity index (χ0) is 20.9. The molecular weight excluding hydrogens is 400 g/mol. The second kappa shape index (κ2) is 15.4. The van der Waals surface area contributed by atoms with Gasteiger partial charge in [0.2, 0.25) is 0 Å². The minimum atomic E-state index is -0.378. The molecule has 2 atom stereocenters. The molecule has 0 aliphatic heterocycles. The van der Waals surface area contributed by atoms with Gasteiger partial charge >= 0.3 is 6.09 Å². The number of amides is 1. The average Bonchev–Trinajstić information content (AvgIpc) is 2.69. The standard InChI is InChI=1S/C24H40N2O3.ClH/c1-4-5-6-7-8-13-18-28-23-17-12-10-15-21(23)25-24(27)29-22-16-11-9-14-20(22)19-26(2)3;/h10,12,15,17,20,22H,4-9,11,13-14,16,18-19H2,1-3H3,(H,25,27);1H/t20-,22-;/m1./s1. The van der Waals surface area contributed by atoms with E-state index in [1.54, 1.807) is 0 Å². The van der Waals surface area contributed by atoms with Gasteiger partial charge in [-0.15, -0.1) is 12.4 Å². The van der Waals surface area contributed by atoms with Crippen LogP contribution in [0.4, 0.5) is 10.5 Å². The summed E-state index contributed by atoms with van der Waals surface area (Å²) in [6, 6.07) is 7.61. The summed E-state index contributed by atoms with van der Waals surface area (Å²) in [5, 5.41) is 2.90. The third-order valence-corrected chi connectivity index (χ3v) is 5.58. The lowest BCUT2D eigenvalue weighted by atomic mass is 9.86. The van der Waals surface area contributed by atoms with Crippen molar-refractivity contribution in [2.24, 2.45) is 5.92 Å². The minimum absolute atomic E-state index is 0. The number of halogens is 1. The number of anilines is 1. The number of carbonyl (C=O) groups is 1. The number of benzene rings is 1. The molecule has 1 aromatic rings. The van der Waals surface area contributed by atoms with Crippen LogP contribution in [0.2, 0.25) is 0 Å². The highest BCUT2D eigenvalue weighted by Crippen LogP contribution is 2.29. The molecule has 1 aliphatic carbocycles. The van der Waals surface area contributed by atoms with E-state index < -0.39 is 0 Å². The summed E-state index contributed by atoms with van der Waals surface area (Å²) in [5.74, 6) is 1.12. The zero-order valence-corrected chi connectivity index (χ0v) is 19.8. The van der Waals surface area contributed by atoms with Crippen LogP contribution in [0.5, 0.6) is 5.75 Å². The number of hydrogen-bond donors (Lipinski definition) is 1. The van der Waals surface area contributed by atoms with Crippen molar-refractivity contribution >= 4 is 24.2 Å². The van der Waals surface area contributed by atoms with Crippen LogP contribution in [-0.4, -0.2) is 44.3 Å². The highest BCUT2D eigenvalue weighted by atomic mass is 35.5. The summed E-state index contributed by atoms with van der Waals surface area (Å²) < 4.78 is 11.7.